The molecule has 0 N–H and O–H groups in total. The molecule has 24 heavy (non-hydrogen) atoms. The number of esters is 1. The van der Waals surface area contributed by atoms with Gasteiger partial charge in [0, 0.05) is 5.57 Å². The minimum Gasteiger partial charge on any atom is -0.462 e. The van der Waals surface area contributed by atoms with Gasteiger partial charge < -0.3 is 4.74 Å². The molecule has 1 unspecified atom stereocenters. The van der Waals surface area contributed by atoms with Crippen molar-refractivity contribution in [2.75, 3.05) is 6.61 Å². The zero-order valence-corrected chi connectivity index (χ0v) is 16.7. The summed E-state index contributed by atoms with van der Waals surface area (Å²) in [4.78, 5) is 11.2. The van der Waals surface area contributed by atoms with Crippen LogP contribution >= 0.6 is 0 Å². The number of hydrogen-bond donors (Lipinski definition) is 0. The van der Waals surface area contributed by atoms with Gasteiger partial charge in [-0.2, -0.15) is 0 Å². The molecule has 0 fully saturated rings. The first-order chi connectivity index (χ1) is 11.6. The fourth-order valence-electron chi connectivity index (χ4n) is 3.01. The van der Waals surface area contributed by atoms with Crippen LogP contribution in [0.2, 0.25) is 0 Å². The summed E-state index contributed by atoms with van der Waals surface area (Å²) in [5.41, 5.74) is 0.491. The molecule has 0 bridgehead atoms. The first kappa shape index (κ1) is 23.2. The van der Waals surface area contributed by atoms with E-state index in [1.165, 1.54) is 77.0 Å². The van der Waals surface area contributed by atoms with E-state index in [9.17, 15) is 4.79 Å². The Morgan fingerprint density at radius 2 is 1.29 bits per heavy atom. The zero-order valence-electron chi connectivity index (χ0n) is 16.7. The van der Waals surface area contributed by atoms with E-state index in [1.54, 1.807) is 6.92 Å². The van der Waals surface area contributed by atoms with E-state index < -0.39 is 0 Å². The van der Waals surface area contributed by atoms with E-state index >= 15 is 0 Å². The lowest BCUT2D eigenvalue weighted by Gasteiger charge is -2.11. The second-order valence-electron chi connectivity index (χ2n) is 7.49. The quantitative estimate of drug-likeness (QED) is 0.159. The fourth-order valence-corrected chi connectivity index (χ4v) is 3.01. The molecule has 0 amide bonds. The highest BCUT2D eigenvalue weighted by Gasteiger charge is 2.03. The van der Waals surface area contributed by atoms with Gasteiger partial charge in [-0.1, -0.05) is 104 Å². The van der Waals surface area contributed by atoms with Crippen molar-refractivity contribution in [2.24, 2.45) is 5.92 Å². The molecule has 1 atom stereocenters. The SMILES string of the molecule is C=C(C)C(=O)OCCCCCCCCC(C)CCCCCCCC. The minimum atomic E-state index is -0.255. The molecule has 0 radical (unpaired) electrons. The lowest BCUT2D eigenvalue weighted by Crippen LogP contribution is -2.05. The largest absolute Gasteiger partial charge is 0.462 e. The monoisotopic (exact) mass is 338 g/mol. The molecule has 0 rings (SSSR count). The van der Waals surface area contributed by atoms with Crippen LogP contribution < -0.4 is 0 Å². The molecular weight excluding hydrogens is 296 g/mol. The topological polar surface area (TPSA) is 26.3 Å². The Labute approximate surface area is 151 Å². The minimum absolute atomic E-state index is 0.255. The highest BCUT2D eigenvalue weighted by Crippen LogP contribution is 2.18. The summed E-state index contributed by atoms with van der Waals surface area (Å²) < 4.78 is 5.09. The van der Waals surface area contributed by atoms with Crippen LogP contribution in [0.15, 0.2) is 12.2 Å². The second kappa shape index (κ2) is 17.0. The van der Waals surface area contributed by atoms with Crippen LogP contribution in [0.3, 0.4) is 0 Å². The number of rotatable bonds is 17. The average Bonchev–Trinajstić information content (AvgIpc) is 2.56. The van der Waals surface area contributed by atoms with Crippen LogP contribution in [0.25, 0.3) is 0 Å². The van der Waals surface area contributed by atoms with E-state index in [0.717, 1.165) is 18.8 Å². The van der Waals surface area contributed by atoms with Gasteiger partial charge in [-0.05, 0) is 19.3 Å². The number of hydrogen-bond acceptors (Lipinski definition) is 2. The van der Waals surface area contributed by atoms with Crippen LogP contribution in [0.4, 0.5) is 0 Å². The second-order valence-corrected chi connectivity index (χ2v) is 7.49. The normalized spacial score (nSPS) is 12.1. The fraction of sp³-hybridized carbons (Fsp3) is 0.864. The molecule has 2 nitrogen and oxygen atoms in total. The van der Waals surface area contributed by atoms with Crippen LogP contribution in [0, 0.1) is 5.92 Å². The molecule has 0 spiro atoms. The number of ether oxygens (including phenoxy) is 1. The van der Waals surface area contributed by atoms with Crippen molar-refractivity contribution in [2.45, 2.75) is 111 Å². The molecule has 0 saturated heterocycles. The van der Waals surface area contributed by atoms with Gasteiger partial charge in [0.05, 0.1) is 6.61 Å². The molecule has 142 valence electrons. The molecule has 2 heteroatoms. The molecule has 0 saturated carbocycles. The Morgan fingerprint density at radius 1 is 0.833 bits per heavy atom. The number of carbonyl (C=O) groups is 1. The van der Waals surface area contributed by atoms with Gasteiger partial charge >= 0.3 is 5.97 Å². The summed E-state index contributed by atoms with van der Waals surface area (Å²) in [6, 6.07) is 0. The molecule has 0 aliphatic carbocycles. The Bertz CT molecular complexity index is 309. The smallest absolute Gasteiger partial charge is 0.333 e. The van der Waals surface area contributed by atoms with Crippen LogP contribution in [-0.4, -0.2) is 12.6 Å². The van der Waals surface area contributed by atoms with Crippen molar-refractivity contribution in [3.8, 4) is 0 Å². The van der Waals surface area contributed by atoms with E-state index in [4.69, 9.17) is 4.74 Å². The highest BCUT2D eigenvalue weighted by molar-refractivity contribution is 5.86. The Balaban J connectivity index is 3.23. The summed E-state index contributed by atoms with van der Waals surface area (Å²) in [5.74, 6) is 0.645. The van der Waals surface area contributed by atoms with Crippen molar-refractivity contribution in [3.63, 3.8) is 0 Å². The van der Waals surface area contributed by atoms with E-state index in [1.807, 2.05) is 0 Å². The van der Waals surface area contributed by atoms with Crippen molar-refractivity contribution < 1.29 is 9.53 Å². The van der Waals surface area contributed by atoms with Gasteiger partial charge in [-0.3, -0.25) is 0 Å². The Kier molecular flexibility index (Phi) is 16.5. The molecule has 0 aromatic rings. The summed E-state index contributed by atoms with van der Waals surface area (Å²) in [6.07, 6.45) is 18.7. The van der Waals surface area contributed by atoms with E-state index in [0.29, 0.717) is 12.2 Å². The van der Waals surface area contributed by atoms with Crippen molar-refractivity contribution >= 4 is 5.97 Å². The zero-order chi connectivity index (χ0) is 18.0. The first-order valence-electron chi connectivity index (χ1n) is 10.4. The summed E-state index contributed by atoms with van der Waals surface area (Å²) in [5, 5.41) is 0. The third-order valence-electron chi connectivity index (χ3n) is 4.72. The lowest BCUT2D eigenvalue weighted by molar-refractivity contribution is -0.139. The van der Waals surface area contributed by atoms with Crippen LogP contribution in [-0.2, 0) is 9.53 Å². The first-order valence-corrected chi connectivity index (χ1v) is 10.4. The van der Waals surface area contributed by atoms with Gasteiger partial charge in [-0.25, -0.2) is 4.79 Å². The molecule has 0 aliphatic heterocycles. The summed E-state index contributed by atoms with van der Waals surface area (Å²) in [6.45, 7) is 10.5. The molecule has 0 aromatic heterocycles. The molecule has 0 aromatic carbocycles. The molecule has 0 aliphatic rings. The van der Waals surface area contributed by atoms with E-state index in [2.05, 4.69) is 20.4 Å². The van der Waals surface area contributed by atoms with Crippen LogP contribution in [0.5, 0.6) is 0 Å². The van der Waals surface area contributed by atoms with Gasteiger partial charge in [0.25, 0.3) is 0 Å². The van der Waals surface area contributed by atoms with Gasteiger partial charge in [0.15, 0.2) is 0 Å². The average molecular weight is 339 g/mol. The maximum absolute atomic E-state index is 11.2. The van der Waals surface area contributed by atoms with Gasteiger partial charge in [-0.15, -0.1) is 0 Å². The molecule has 0 heterocycles. The summed E-state index contributed by atoms with van der Waals surface area (Å²) >= 11 is 0. The number of unbranched alkanes of at least 4 members (excludes halogenated alkanes) is 10. The third kappa shape index (κ3) is 16.1. The molecular formula is C22H42O2. The third-order valence-corrected chi connectivity index (χ3v) is 4.72. The van der Waals surface area contributed by atoms with Crippen molar-refractivity contribution in [3.05, 3.63) is 12.2 Å². The predicted octanol–water partition coefficient (Wildman–Crippen LogP) is 7.22. The maximum atomic E-state index is 11.2. The van der Waals surface area contributed by atoms with Gasteiger partial charge in [0.1, 0.15) is 0 Å². The summed E-state index contributed by atoms with van der Waals surface area (Å²) in [7, 11) is 0. The maximum Gasteiger partial charge on any atom is 0.333 e. The van der Waals surface area contributed by atoms with Crippen LogP contribution in [0.1, 0.15) is 111 Å². The predicted molar refractivity (Wildman–Crippen MR) is 105 cm³/mol. The Morgan fingerprint density at radius 3 is 1.79 bits per heavy atom. The van der Waals surface area contributed by atoms with Crippen molar-refractivity contribution in [1.82, 2.24) is 0 Å². The number of carbonyl (C=O) groups excluding carboxylic acids is 1. The standard InChI is InChI=1S/C22H42O2/c1-5-6-7-8-11-14-17-21(4)18-15-12-9-10-13-16-19-24-22(23)20(2)3/h21H,2,5-19H2,1,3-4H3. The highest BCUT2D eigenvalue weighted by atomic mass is 16.5. The van der Waals surface area contributed by atoms with Gasteiger partial charge in [0.2, 0.25) is 0 Å². The Hall–Kier alpha value is -0.790. The lowest BCUT2D eigenvalue weighted by atomic mass is 9.96. The van der Waals surface area contributed by atoms with Crippen molar-refractivity contribution in [1.29, 1.82) is 0 Å². The van der Waals surface area contributed by atoms with E-state index in [-0.39, 0.29) is 5.97 Å².